The minimum absolute atomic E-state index is 0.00910. The maximum atomic E-state index is 12.0. The van der Waals surface area contributed by atoms with Gasteiger partial charge in [0.1, 0.15) is 0 Å². The van der Waals surface area contributed by atoms with Crippen molar-refractivity contribution in [1.29, 1.82) is 0 Å². The Labute approximate surface area is 121 Å². The third kappa shape index (κ3) is 5.40. The molecule has 1 heterocycles. The van der Waals surface area contributed by atoms with Crippen molar-refractivity contribution < 1.29 is 13.2 Å². The zero-order valence-corrected chi connectivity index (χ0v) is 12.9. The number of rotatable bonds is 3. The second kappa shape index (κ2) is 7.41. The zero-order chi connectivity index (χ0) is 14.4. The standard InChI is InChI=1S/C14H26N2O3S/c17-14(10-13-11-20(18,19)9-8-15-13)16-12-6-4-2-1-3-5-7-12/h12-13,15H,1-11H2,(H,16,17). The molecule has 1 atom stereocenters. The van der Waals surface area contributed by atoms with E-state index in [9.17, 15) is 13.2 Å². The highest BCUT2D eigenvalue weighted by Gasteiger charge is 2.26. The van der Waals surface area contributed by atoms with Gasteiger partial charge in [0.05, 0.1) is 11.5 Å². The van der Waals surface area contributed by atoms with Crippen LogP contribution in [0, 0.1) is 0 Å². The molecule has 1 saturated carbocycles. The smallest absolute Gasteiger partial charge is 0.221 e. The number of sulfone groups is 1. The van der Waals surface area contributed by atoms with Crippen molar-refractivity contribution in [2.24, 2.45) is 0 Å². The Morgan fingerprint density at radius 2 is 1.75 bits per heavy atom. The van der Waals surface area contributed by atoms with Crippen molar-refractivity contribution in [2.75, 3.05) is 18.1 Å². The van der Waals surface area contributed by atoms with Gasteiger partial charge in [0.15, 0.2) is 9.84 Å². The SMILES string of the molecule is O=C(CC1CS(=O)(=O)CCN1)NC1CCCCCCC1. The molecule has 2 fully saturated rings. The van der Waals surface area contributed by atoms with E-state index in [2.05, 4.69) is 10.6 Å². The van der Waals surface area contributed by atoms with Crippen LogP contribution in [0.4, 0.5) is 0 Å². The maximum Gasteiger partial charge on any atom is 0.221 e. The summed E-state index contributed by atoms with van der Waals surface area (Å²) in [6.07, 6.45) is 8.58. The second-order valence-corrected chi connectivity index (χ2v) is 8.31. The zero-order valence-electron chi connectivity index (χ0n) is 12.1. The lowest BCUT2D eigenvalue weighted by atomic mass is 9.96. The van der Waals surface area contributed by atoms with Crippen molar-refractivity contribution in [3.05, 3.63) is 0 Å². The number of hydrogen-bond acceptors (Lipinski definition) is 4. The Hall–Kier alpha value is -0.620. The van der Waals surface area contributed by atoms with Crippen LogP contribution in [0.25, 0.3) is 0 Å². The first-order chi connectivity index (χ1) is 9.55. The second-order valence-electron chi connectivity index (χ2n) is 6.08. The van der Waals surface area contributed by atoms with Crippen LogP contribution in [0.15, 0.2) is 0 Å². The van der Waals surface area contributed by atoms with E-state index in [4.69, 9.17) is 0 Å². The molecule has 1 amide bonds. The van der Waals surface area contributed by atoms with Gasteiger partial charge in [-0.25, -0.2) is 8.42 Å². The molecule has 2 N–H and O–H groups in total. The molecule has 0 spiro atoms. The highest BCUT2D eigenvalue weighted by molar-refractivity contribution is 7.91. The third-order valence-electron chi connectivity index (χ3n) is 4.20. The largest absolute Gasteiger partial charge is 0.353 e. The normalized spacial score (nSPS) is 28.3. The predicted octanol–water partition coefficient (Wildman–Crippen LogP) is 0.992. The van der Waals surface area contributed by atoms with Gasteiger partial charge >= 0.3 is 0 Å². The molecule has 2 aliphatic rings. The first-order valence-corrected chi connectivity index (χ1v) is 9.60. The molecule has 0 aromatic heterocycles. The molecule has 0 aromatic carbocycles. The van der Waals surface area contributed by atoms with E-state index in [1.807, 2.05) is 0 Å². The third-order valence-corrected chi connectivity index (χ3v) is 5.94. The Kier molecular flexibility index (Phi) is 5.84. The minimum atomic E-state index is -2.96. The van der Waals surface area contributed by atoms with Crippen LogP contribution in [0.1, 0.15) is 51.4 Å². The summed E-state index contributed by atoms with van der Waals surface area (Å²) in [4.78, 5) is 12.0. The van der Waals surface area contributed by atoms with Crippen LogP contribution in [0.5, 0.6) is 0 Å². The first kappa shape index (κ1) is 15.8. The molecule has 1 aliphatic heterocycles. The topological polar surface area (TPSA) is 75.3 Å². The lowest BCUT2D eigenvalue weighted by Gasteiger charge is -2.25. The van der Waals surface area contributed by atoms with Gasteiger partial charge in [0.25, 0.3) is 0 Å². The summed E-state index contributed by atoms with van der Waals surface area (Å²) in [5.41, 5.74) is 0. The fourth-order valence-corrected chi connectivity index (χ4v) is 4.55. The van der Waals surface area contributed by atoms with Gasteiger partial charge in [-0.3, -0.25) is 4.79 Å². The first-order valence-electron chi connectivity index (χ1n) is 7.78. The number of nitrogens with one attached hydrogen (secondary N) is 2. The van der Waals surface area contributed by atoms with E-state index >= 15 is 0 Å². The van der Waals surface area contributed by atoms with Crippen LogP contribution in [0.3, 0.4) is 0 Å². The summed E-state index contributed by atoms with van der Waals surface area (Å²) < 4.78 is 23.1. The highest BCUT2D eigenvalue weighted by atomic mass is 32.2. The molecule has 1 aliphatic carbocycles. The molecule has 6 heteroatoms. The van der Waals surface area contributed by atoms with E-state index in [1.54, 1.807) is 0 Å². The number of carbonyl (C=O) groups is 1. The molecule has 2 rings (SSSR count). The molecule has 0 bridgehead atoms. The predicted molar refractivity (Wildman–Crippen MR) is 79.3 cm³/mol. The van der Waals surface area contributed by atoms with Gasteiger partial charge in [-0.2, -0.15) is 0 Å². The highest BCUT2D eigenvalue weighted by Crippen LogP contribution is 2.17. The number of hydrogen-bond donors (Lipinski definition) is 2. The molecule has 0 radical (unpaired) electrons. The summed E-state index contributed by atoms with van der Waals surface area (Å²) in [6.45, 7) is 0.462. The summed E-state index contributed by atoms with van der Waals surface area (Å²) in [6, 6.07) is 0.0605. The summed E-state index contributed by atoms with van der Waals surface area (Å²) in [5.74, 6) is 0.268. The Morgan fingerprint density at radius 1 is 1.10 bits per heavy atom. The molecule has 1 saturated heterocycles. The maximum absolute atomic E-state index is 12.0. The molecular formula is C14H26N2O3S. The number of carbonyl (C=O) groups excluding carboxylic acids is 1. The van der Waals surface area contributed by atoms with Crippen LogP contribution in [-0.4, -0.2) is 44.5 Å². The monoisotopic (exact) mass is 302 g/mol. The van der Waals surface area contributed by atoms with Crippen molar-refractivity contribution in [1.82, 2.24) is 10.6 Å². The van der Waals surface area contributed by atoms with E-state index in [1.165, 1.54) is 32.1 Å². The van der Waals surface area contributed by atoms with E-state index in [0.29, 0.717) is 6.54 Å². The summed E-state index contributed by atoms with van der Waals surface area (Å²) >= 11 is 0. The van der Waals surface area contributed by atoms with Crippen LogP contribution in [0.2, 0.25) is 0 Å². The lowest BCUT2D eigenvalue weighted by Crippen LogP contribution is -2.48. The fraction of sp³-hybridized carbons (Fsp3) is 0.929. The van der Waals surface area contributed by atoms with Gasteiger partial charge in [0.2, 0.25) is 5.91 Å². The Bertz CT molecular complexity index is 414. The van der Waals surface area contributed by atoms with Crippen molar-refractivity contribution in [3.63, 3.8) is 0 Å². The van der Waals surface area contributed by atoms with Gasteiger partial charge < -0.3 is 10.6 Å². The van der Waals surface area contributed by atoms with Crippen LogP contribution >= 0.6 is 0 Å². The molecule has 20 heavy (non-hydrogen) atoms. The Morgan fingerprint density at radius 3 is 2.40 bits per heavy atom. The molecule has 5 nitrogen and oxygen atoms in total. The van der Waals surface area contributed by atoms with E-state index < -0.39 is 9.84 Å². The van der Waals surface area contributed by atoms with Crippen molar-refractivity contribution in [3.8, 4) is 0 Å². The van der Waals surface area contributed by atoms with Gasteiger partial charge in [-0.15, -0.1) is 0 Å². The van der Waals surface area contributed by atoms with Gasteiger partial charge in [-0.05, 0) is 12.8 Å². The van der Waals surface area contributed by atoms with Gasteiger partial charge in [-0.1, -0.05) is 32.1 Å². The lowest BCUT2D eigenvalue weighted by molar-refractivity contribution is -0.122. The molecule has 1 unspecified atom stereocenters. The molecule has 116 valence electrons. The summed E-state index contributed by atoms with van der Waals surface area (Å²) in [5, 5.41) is 6.21. The van der Waals surface area contributed by atoms with Gasteiger partial charge in [0, 0.05) is 25.0 Å². The molecular weight excluding hydrogens is 276 g/mol. The average molecular weight is 302 g/mol. The number of amides is 1. The van der Waals surface area contributed by atoms with Crippen molar-refractivity contribution in [2.45, 2.75) is 63.5 Å². The minimum Gasteiger partial charge on any atom is -0.353 e. The summed E-state index contributed by atoms with van der Waals surface area (Å²) in [7, 11) is -2.96. The van der Waals surface area contributed by atoms with Crippen molar-refractivity contribution >= 4 is 15.7 Å². The average Bonchev–Trinajstić information content (AvgIpc) is 2.31. The van der Waals surface area contributed by atoms with Crippen LogP contribution < -0.4 is 10.6 Å². The van der Waals surface area contributed by atoms with E-state index in [0.717, 1.165) is 12.8 Å². The quantitative estimate of drug-likeness (QED) is 0.815. The Balaban J connectivity index is 1.76. The fourth-order valence-electron chi connectivity index (χ4n) is 3.11. The van der Waals surface area contributed by atoms with E-state index in [-0.39, 0.29) is 35.9 Å². The van der Waals surface area contributed by atoms with Crippen LogP contribution in [-0.2, 0) is 14.6 Å². The molecule has 0 aromatic rings.